The van der Waals surface area contributed by atoms with Gasteiger partial charge in [-0.25, -0.2) is 4.98 Å². The lowest BCUT2D eigenvalue weighted by molar-refractivity contribution is 0.102. The fourth-order valence-electron chi connectivity index (χ4n) is 1.87. The van der Waals surface area contributed by atoms with E-state index in [2.05, 4.69) is 31.3 Å². The van der Waals surface area contributed by atoms with Gasteiger partial charge in [-0.2, -0.15) is 5.10 Å². The van der Waals surface area contributed by atoms with Gasteiger partial charge in [0.1, 0.15) is 11.6 Å². The molecule has 1 N–H and O–H groups in total. The molecule has 0 atom stereocenters. The van der Waals surface area contributed by atoms with Gasteiger partial charge in [-0.1, -0.05) is 0 Å². The van der Waals surface area contributed by atoms with Gasteiger partial charge >= 0.3 is 0 Å². The summed E-state index contributed by atoms with van der Waals surface area (Å²) in [6.45, 7) is 1.88. The number of hydrogen-bond donors (Lipinski definition) is 1. The second kappa shape index (κ2) is 5.62. The van der Waals surface area contributed by atoms with Crippen molar-refractivity contribution < 1.29 is 4.79 Å². The first-order chi connectivity index (χ1) is 9.38. The predicted octanol–water partition coefficient (Wildman–Crippen LogP) is 2.20. The average Bonchev–Trinajstić information content (AvgIpc) is 2.67. The SMILES string of the molecule is Cc1cc(NC(=O)c2cc(Br)cnc2N(C)C)n(C)n1. The summed E-state index contributed by atoms with van der Waals surface area (Å²) < 4.78 is 2.39. The first-order valence-corrected chi connectivity index (χ1v) is 6.82. The number of aromatic nitrogens is 3. The molecule has 0 fully saturated rings. The summed E-state index contributed by atoms with van der Waals surface area (Å²) in [5.41, 5.74) is 1.35. The monoisotopic (exact) mass is 337 g/mol. The number of carbonyl (C=O) groups excluding carboxylic acids is 1. The number of aryl methyl sites for hydroxylation is 2. The summed E-state index contributed by atoms with van der Waals surface area (Å²) in [7, 11) is 5.48. The Morgan fingerprint density at radius 2 is 2.10 bits per heavy atom. The molecule has 6 nitrogen and oxygen atoms in total. The Labute approximate surface area is 125 Å². The minimum Gasteiger partial charge on any atom is -0.362 e. The summed E-state index contributed by atoms with van der Waals surface area (Å²) in [6.07, 6.45) is 1.67. The van der Waals surface area contributed by atoms with E-state index in [-0.39, 0.29) is 5.91 Å². The molecule has 0 aromatic carbocycles. The summed E-state index contributed by atoms with van der Waals surface area (Å²) in [4.78, 5) is 18.5. The van der Waals surface area contributed by atoms with Crippen LogP contribution in [0.5, 0.6) is 0 Å². The molecule has 20 heavy (non-hydrogen) atoms. The van der Waals surface area contributed by atoms with E-state index < -0.39 is 0 Å². The van der Waals surface area contributed by atoms with E-state index in [1.807, 2.05) is 27.1 Å². The maximum absolute atomic E-state index is 12.4. The highest BCUT2D eigenvalue weighted by Crippen LogP contribution is 2.21. The Hall–Kier alpha value is -1.89. The first kappa shape index (κ1) is 14.5. The molecule has 2 heterocycles. The Morgan fingerprint density at radius 3 is 2.65 bits per heavy atom. The maximum atomic E-state index is 12.4. The highest BCUT2D eigenvalue weighted by molar-refractivity contribution is 9.10. The van der Waals surface area contributed by atoms with Crippen molar-refractivity contribution in [2.45, 2.75) is 6.92 Å². The summed E-state index contributed by atoms with van der Waals surface area (Å²) in [5, 5.41) is 7.04. The molecule has 0 aliphatic heterocycles. The van der Waals surface area contributed by atoms with Gasteiger partial charge in [0.15, 0.2) is 0 Å². The zero-order valence-corrected chi connectivity index (χ0v) is 13.4. The van der Waals surface area contributed by atoms with Gasteiger partial charge in [-0.05, 0) is 28.9 Å². The first-order valence-electron chi connectivity index (χ1n) is 6.03. The molecule has 1 amide bonds. The molecule has 106 valence electrons. The molecular formula is C13H16BrN5O. The third-order valence-corrected chi connectivity index (χ3v) is 3.18. The van der Waals surface area contributed by atoms with Gasteiger partial charge in [-0.3, -0.25) is 9.48 Å². The summed E-state index contributed by atoms with van der Waals surface area (Å²) in [5.74, 6) is 1.05. The molecule has 0 bridgehead atoms. The Kier molecular flexibility index (Phi) is 4.08. The lowest BCUT2D eigenvalue weighted by Gasteiger charge is -2.16. The van der Waals surface area contributed by atoms with Gasteiger partial charge < -0.3 is 10.2 Å². The standard InChI is InChI=1S/C13H16BrN5O/c1-8-5-11(19(4)17-8)16-13(20)10-6-9(14)7-15-12(10)18(2)3/h5-7H,1-4H3,(H,16,20). The number of amides is 1. The second-order valence-corrected chi connectivity index (χ2v) is 5.58. The van der Waals surface area contributed by atoms with Gasteiger partial charge in [0.05, 0.1) is 11.3 Å². The normalized spacial score (nSPS) is 10.4. The molecule has 0 saturated heterocycles. The van der Waals surface area contributed by atoms with Crippen molar-refractivity contribution >= 4 is 33.5 Å². The van der Waals surface area contributed by atoms with E-state index in [0.717, 1.165) is 10.2 Å². The van der Waals surface area contributed by atoms with Crippen LogP contribution in [0.1, 0.15) is 16.1 Å². The van der Waals surface area contributed by atoms with Crippen LogP contribution < -0.4 is 10.2 Å². The van der Waals surface area contributed by atoms with Crippen LogP contribution in [0.3, 0.4) is 0 Å². The number of carbonyl (C=O) groups is 1. The largest absolute Gasteiger partial charge is 0.362 e. The van der Waals surface area contributed by atoms with E-state index >= 15 is 0 Å². The molecule has 7 heteroatoms. The van der Waals surface area contributed by atoms with Crippen molar-refractivity contribution in [2.24, 2.45) is 7.05 Å². The van der Waals surface area contributed by atoms with Crippen LogP contribution in [0.15, 0.2) is 22.8 Å². The summed E-state index contributed by atoms with van der Waals surface area (Å²) in [6, 6.07) is 3.57. The van der Waals surface area contributed by atoms with E-state index in [0.29, 0.717) is 17.2 Å². The lowest BCUT2D eigenvalue weighted by atomic mass is 10.2. The molecule has 2 rings (SSSR count). The van der Waals surface area contributed by atoms with Crippen molar-refractivity contribution in [3.63, 3.8) is 0 Å². The van der Waals surface area contributed by atoms with Crippen LogP contribution in [0, 0.1) is 6.92 Å². The third-order valence-electron chi connectivity index (χ3n) is 2.75. The number of anilines is 2. The molecular weight excluding hydrogens is 322 g/mol. The van der Waals surface area contributed by atoms with Gasteiger partial charge in [0, 0.05) is 37.9 Å². The van der Waals surface area contributed by atoms with Crippen molar-refractivity contribution in [3.05, 3.63) is 34.1 Å². The van der Waals surface area contributed by atoms with Crippen LogP contribution in [-0.4, -0.2) is 34.8 Å². The fraction of sp³-hybridized carbons (Fsp3) is 0.308. The molecule has 0 unspecified atom stereocenters. The van der Waals surface area contributed by atoms with Crippen LogP contribution >= 0.6 is 15.9 Å². The fourth-order valence-corrected chi connectivity index (χ4v) is 2.20. The number of nitrogens with zero attached hydrogens (tertiary/aromatic N) is 4. The molecule has 0 radical (unpaired) electrons. The minimum atomic E-state index is -0.217. The van der Waals surface area contributed by atoms with E-state index in [4.69, 9.17) is 0 Å². The smallest absolute Gasteiger partial charge is 0.260 e. The number of pyridine rings is 1. The highest BCUT2D eigenvalue weighted by atomic mass is 79.9. The van der Waals surface area contributed by atoms with Crippen LogP contribution in [0.2, 0.25) is 0 Å². The molecule has 2 aromatic rings. The quantitative estimate of drug-likeness (QED) is 0.932. The summed E-state index contributed by atoms with van der Waals surface area (Å²) >= 11 is 3.34. The number of nitrogens with one attached hydrogen (secondary N) is 1. The Balaban J connectivity index is 2.33. The van der Waals surface area contributed by atoms with Crippen LogP contribution in [-0.2, 0) is 7.05 Å². The topological polar surface area (TPSA) is 63.1 Å². The molecule has 0 spiro atoms. The van der Waals surface area contributed by atoms with E-state index in [1.54, 1.807) is 28.9 Å². The van der Waals surface area contributed by atoms with Gasteiger partial charge in [0.25, 0.3) is 5.91 Å². The number of halogens is 1. The Bertz CT molecular complexity index is 650. The van der Waals surface area contributed by atoms with E-state index in [1.165, 1.54) is 0 Å². The van der Waals surface area contributed by atoms with Crippen molar-refractivity contribution in [1.82, 2.24) is 14.8 Å². The number of hydrogen-bond acceptors (Lipinski definition) is 4. The zero-order chi connectivity index (χ0) is 14.9. The van der Waals surface area contributed by atoms with Crippen molar-refractivity contribution in [2.75, 3.05) is 24.3 Å². The lowest BCUT2D eigenvalue weighted by Crippen LogP contribution is -2.20. The van der Waals surface area contributed by atoms with Crippen LogP contribution in [0.4, 0.5) is 11.6 Å². The van der Waals surface area contributed by atoms with E-state index in [9.17, 15) is 4.79 Å². The van der Waals surface area contributed by atoms with Gasteiger partial charge in [-0.15, -0.1) is 0 Å². The van der Waals surface area contributed by atoms with Crippen molar-refractivity contribution in [3.8, 4) is 0 Å². The molecule has 0 saturated carbocycles. The molecule has 2 aromatic heterocycles. The predicted molar refractivity (Wildman–Crippen MR) is 82.2 cm³/mol. The highest BCUT2D eigenvalue weighted by Gasteiger charge is 2.16. The minimum absolute atomic E-state index is 0.217. The third kappa shape index (κ3) is 2.98. The van der Waals surface area contributed by atoms with Gasteiger partial charge in [0.2, 0.25) is 0 Å². The van der Waals surface area contributed by atoms with Crippen LogP contribution in [0.25, 0.3) is 0 Å². The number of rotatable bonds is 3. The Morgan fingerprint density at radius 1 is 1.40 bits per heavy atom. The molecule has 0 aliphatic carbocycles. The zero-order valence-electron chi connectivity index (χ0n) is 11.8. The second-order valence-electron chi connectivity index (χ2n) is 4.67. The van der Waals surface area contributed by atoms with Crippen molar-refractivity contribution in [1.29, 1.82) is 0 Å². The molecule has 0 aliphatic rings. The average molecular weight is 338 g/mol. The maximum Gasteiger partial charge on any atom is 0.260 e.